The Morgan fingerprint density at radius 3 is 2.25 bits per heavy atom. The van der Waals surface area contributed by atoms with Crippen LogP contribution in [0, 0.1) is 10.8 Å². The first-order chi connectivity index (χ1) is 9.31. The topological polar surface area (TPSA) is 26.3 Å². The van der Waals surface area contributed by atoms with Crippen LogP contribution in [0.5, 0.6) is 0 Å². The van der Waals surface area contributed by atoms with E-state index in [9.17, 15) is 4.79 Å². The van der Waals surface area contributed by atoms with Gasteiger partial charge in [-0.05, 0) is 71.1 Å². The van der Waals surface area contributed by atoms with Crippen molar-refractivity contribution in [2.24, 2.45) is 10.8 Å². The number of esters is 1. The van der Waals surface area contributed by atoms with E-state index in [1.54, 1.807) is 0 Å². The highest BCUT2D eigenvalue weighted by atomic mass is 16.6. The Kier molecular flexibility index (Phi) is 4.51. The Morgan fingerprint density at radius 2 is 1.65 bits per heavy atom. The van der Waals surface area contributed by atoms with Crippen molar-refractivity contribution in [3.8, 4) is 0 Å². The third-order valence-corrected chi connectivity index (χ3v) is 5.85. The molecule has 1 atom stereocenters. The lowest BCUT2D eigenvalue weighted by Crippen LogP contribution is -2.45. The summed E-state index contributed by atoms with van der Waals surface area (Å²) in [6.07, 6.45) is 12.3. The molecule has 20 heavy (non-hydrogen) atoms. The molecule has 0 radical (unpaired) electrons. The lowest BCUT2D eigenvalue weighted by atomic mass is 9.61. The van der Waals surface area contributed by atoms with E-state index in [0.29, 0.717) is 5.41 Å². The molecule has 2 rings (SSSR count). The van der Waals surface area contributed by atoms with Gasteiger partial charge in [-0.1, -0.05) is 26.2 Å². The third-order valence-electron chi connectivity index (χ3n) is 5.85. The molecular weight excluding hydrogens is 248 g/mol. The largest absolute Gasteiger partial charge is 0.459 e. The Bertz CT molecular complexity index is 347. The molecule has 1 spiro atoms. The van der Waals surface area contributed by atoms with Crippen molar-refractivity contribution in [1.82, 2.24) is 0 Å². The van der Waals surface area contributed by atoms with Crippen LogP contribution >= 0.6 is 0 Å². The normalized spacial score (nSPS) is 30.2. The molecule has 2 aliphatic carbocycles. The van der Waals surface area contributed by atoms with E-state index in [4.69, 9.17) is 4.74 Å². The van der Waals surface area contributed by atoms with Crippen LogP contribution in [0.15, 0.2) is 0 Å². The van der Waals surface area contributed by atoms with Crippen molar-refractivity contribution in [1.29, 1.82) is 0 Å². The van der Waals surface area contributed by atoms with Crippen LogP contribution in [-0.2, 0) is 9.53 Å². The summed E-state index contributed by atoms with van der Waals surface area (Å²) in [5.41, 5.74) is -0.0960. The van der Waals surface area contributed by atoms with Crippen LogP contribution in [0.3, 0.4) is 0 Å². The van der Waals surface area contributed by atoms with E-state index >= 15 is 0 Å². The molecule has 0 heterocycles. The summed E-state index contributed by atoms with van der Waals surface area (Å²) >= 11 is 0. The highest BCUT2D eigenvalue weighted by Gasteiger charge is 2.46. The Morgan fingerprint density at radius 1 is 1.05 bits per heavy atom. The Hall–Kier alpha value is -0.530. The minimum atomic E-state index is -0.347. The minimum Gasteiger partial charge on any atom is -0.459 e. The zero-order chi connectivity index (χ0) is 14.9. The van der Waals surface area contributed by atoms with E-state index in [2.05, 4.69) is 13.8 Å². The number of hydrogen-bond acceptors (Lipinski definition) is 2. The number of rotatable bonds is 3. The molecule has 2 heteroatoms. The fraction of sp³-hybridized carbons (Fsp3) is 0.944. The summed E-state index contributed by atoms with van der Waals surface area (Å²) in [6.45, 7) is 8.23. The van der Waals surface area contributed by atoms with Crippen LogP contribution in [0.4, 0.5) is 0 Å². The quantitative estimate of drug-likeness (QED) is 0.660. The number of ether oxygens (including phenoxy) is 1. The summed E-state index contributed by atoms with van der Waals surface area (Å²) in [6, 6.07) is 0. The molecule has 1 unspecified atom stereocenters. The average Bonchev–Trinajstić information content (AvgIpc) is 2.38. The molecule has 0 aromatic rings. The molecule has 0 N–H and O–H groups in total. The van der Waals surface area contributed by atoms with Crippen molar-refractivity contribution in [3.05, 3.63) is 0 Å². The summed E-state index contributed by atoms with van der Waals surface area (Å²) in [5.74, 6) is -0.00430. The molecule has 2 fully saturated rings. The van der Waals surface area contributed by atoms with E-state index in [0.717, 1.165) is 19.3 Å². The molecule has 2 aliphatic rings. The second kappa shape index (κ2) is 5.69. The van der Waals surface area contributed by atoms with Crippen LogP contribution in [0.25, 0.3) is 0 Å². The fourth-order valence-electron chi connectivity index (χ4n) is 4.13. The highest BCUT2D eigenvalue weighted by molar-refractivity contribution is 5.76. The van der Waals surface area contributed by atoms with Crippen molar-refractivity contribution >= 4 is 5.97 Å². The van der Waals surface area contributed by atoms with E-state index in [-0.39, 0.29) is 17.0 Å². The highest BCUT2D eigenvalue weighted by Crippen LogP contribution is 2.51. The van der Waals surface area contributed by atoms with Gasteiger partial charge < -0.3 is 4.74 Å². The molecule has 0 aromatic carbocycles. The maximum atomic E-state index is 12.4. The van der Waals surface area contributed by atoms with Crippen LogP contribution in [0.1, 0.15) is 91.9 Å². The van der Waals surface area contributed by atoms with Crippen LogP contribution in [0.2, 0.25) is 0 Å². The first-order valence-electron chi connectivity index (χ1n) is 8.54. The fourth-order valence-corrected chi connectivity index (χ4v) is 4.13. The molecule has 2 nitrogen and oxygen atoms in total. The molecular formula is C18H32O2. The monoisotopic (exact) mass is 280 g/mol. The van der Waals surface area contributed by atoms with E-state index < -0.39 is 0 Å². The number of hydrogen-bond donors (Lipinski definition) is 0. The van der Waals surface area contributed by atoms with Crippen LogP contribution in [-0.4, -0.2) is 11.6 Å². The average molecular weight is 280 g/mol. The van der Waals surface area contributed by atoms with Crippen molar-refractivity contribution in [3.63, 3.8) is 0 Å². The first kappa shape index (κ1) is 15.9. The van der Waals surface area contributed by atoms with Gasteiger partial charge in [0, 0.05) is 0 Å². The number of carbonyl (C=O) groups excluding carboxylic acids is 1. The second-order valence-electron chi connectivity index (χ2n) is 8.17. The lowest BCUT2D eigenvalue weighted by Gasteiger charge is -2.48. The molecule has 0 aromatic heterocycles. The van der Waals surface area contributed by atoms with Gasteiger partial charge in [0.25, 0.3) is 0 Å². The predicted octanol–water partition coefficient (Wildman–Crippen LogP) is 5.25. The molecule has 0 aliphatic heterocycles. The Balaban J connectivity index is 2.04. The summed E-state index contributed by atoms with van der Waals surface area (Å²) < 4.78 is 6.02. The summed E-state index contributed by atoms with van der Waals surface area (Å²) in [4.78, 5) is 12.4. The van der Waals surface area contributed by atoms with Crippen molar-refractivity contribution in [2.45, 2.75) is 97.5 Å². The zero-order valence-corrected chi connectivity index (χ0v) is 13.9. The van der Waals surface area contributed by atoms with Gasteiger partial charge in [0.05, 0.1) is 5.41 Å². The van der Waals surface area contributed by atoms with Gasteiger partial charge >= 0.3 is 5.97 Å². The van der Waals surface area contributed by atoms with Crippen molar-refractivity contribution < 1.29 is 9.53 Å². The van der Waals surface area contributed by atoms with Crippen LogP contribution < -0.4 is 0 Å². The first-order valence-corrected chi connectivity index (χ1v) is 8.54. The Labute approximate surface area is 124 Å². The predicted molar refractivity (Wildman–Crippen MR) is 82.6 cm³/mol. The van der Waals surface area contributed by atoms with Crippen molar-refractivity contribution in [2.75, 3.05) is 0 Å². The van der Waals surface area contributed by atoms with Gasteiger partial charge in [-0.15, -0.1) is 0 Å². The smallest absolute Gasteiger partial charge is 0.312 e. The number of carbonyl (C=O) groups is 1. The molecule has 0 saturated heterocycles. The van der Waals surface area contributed by atoms with Gasteiger partial charge in [0.15, 0.2) is 0 Å². The standard InChI is InChI=1S/C18H32O2/c1-5-16(2,3)15(19)20-17(4)10-9-13-18(14-17)11-7-6-8-12-18/h5-14H2,1-4H3. The van der Waals surface area contributed by atoms with Gasteiger partial charge in [-0.3, -0.25) is 4.79 Å². The third kappa shape index (κ3) is 3.38. The minimum absolute atomic E-state index is 0.00430. The SMILES string of the molecule is CCC(C)(C)C(=O)OC1(C)CCCC2(CCCCC2)C1. The zero-order valence-electron chi connectivity index (χ0n) is 13.9. The van der Waals surface area contributed by atoms with Gasteiger partial charge in [-0.25, -0.2) is 0 Å². The second-order valence-corrected chi connectivity index (χ2v) is 8.17. The molecule has 0 amide bonds. The van der Waals surface area contributed by atoms with Gasteiger partial charge in [-0.2, -0.15) is 0 Å². The van der Waals surface area contributed by atoms with Gasteiger partial charge in [0.2, 0.25) is 0 Å². The maximum Gasteiger partial charge on any atom is 0.312 e. The summed E-state index contributed by atoms with van der Waals surface area (Å²) in [7, 11) is 0. The lowest BCUT2D eigenvalue weighted by molar-refractivity contribution is -0.177. The molecule has 0 bridgehead atoms. The van der Waals surface area contributed by atoms with Gasteiger partial charge in [0.1, 0.15) is 5.60 Å². The maximum absolute atomic E-state index is 12.4. The molecule has 2 saturated carbocycles. The van der Waals surface area contributed by atoms with E-state index in [1.807, 2.05) is 13.8 Å². The van der Waals surface area contributed by atoms with E-state index in [1.165, 1.54) is 44.9 Å². The molecule has 116 valence electrons. The summed E-state index contributed by atoms with van der Waals surface area (Å²) in [5, 5.41) is 0.